The van der Waals surface area contributed by atoms with Crippen LogP contribution in [0.2, 0.25) is 0 Å². The predicted molar refractivity (Wildman–Crippen MR) is 105 cm³/mol. The van der Waals surface area contributed by atoms with E-state index in [1.54, 1.807) is 18.2 Å². The van der Waals surface area contributed by atoms with Crippen LogP contribution in [-0.4, -0.2) is 33.8 Å². The maximum Gasteiger partial charge on any atom is 0.261 e. The first-order chi connectivity index (χ1) is 12.9. The summed E-state index contributed by atoms with van der Waals surface area (Å²) in [4.78, 5) is 13.0. The van der Waals surface area contributed by atoms with Crippen molar-refractivity contribution in [2.75, 3.05) is 24.3 Å². The minimum Gasteiger partial charge on any atom is -0.493 e. The molecular weight excluding hydrogens is 388 g/mol. The predicted octanol–water partition coefficient (Wildman–Crippen LogP) is 3.33. The zero-order valence-corrected chi connectivity index (χ0v) is 16.7. The fourth-order valence-electron chi connectivity index (χ4n) is 2.68. The van der Waals surface area contributed by atoms with Crippen LogP contribution in [-0.2, 0) is 14.8 Å². The Morgan fingerprint density at radius 2 is 1.85 bits per heavy atom. The molecule has 0 aliphatic carbocycles. The summed E-state index contributed by atoms with van der Waals surface area (Å²) in [5.41, 5.74) is 0.847. The first-order valence-electron chi connectivity index (χ1n) is 8.24. The van der Waals surface area contributed by atoms with E-state index in [0.717, 1.165) is 4.90 Å². The molecule has 0 fully saturated rings. The van der Waals surface area contributed by atoms with Gasteiger partial charge in [0, 0.05) is 11.0 Å². The summed E-state index contributed by atoms with van der Waals surface area (Å²) >= 11 is 1.44. The summed E-state index contributed by atoms with van der Waals surface area (Å²) in [6.07, 6.45) is 0.705. The summed E-state index contributed by atoms with van der Waals surface area (Å²) in [5.74, 6) is 0.800. The van der Waals surface area contributed by atoms with Crippen molar-refractivity contribution in [2.24, 2.45) is 0 Å². The first kappa shape index (κ1) is 19.4. The Morgan fingerprint density at radius 1 is 1.11 bits per heavy atom. The minimum absolute atomic E-state index is 0.0619. The molecule has 0 spiro atoms. The molecule has 2 N–H and O–H groups in total. The summed E-state index contributed by atoms with van der Waals surface area (Å²) in [6.45, 7) is 1.94. The van der Waals surface area contributed by atoms with Crippen molar-refractivity contribution in [3.63, 3.8) is 0 Å². The fraction of sp³-hybridized carbons (Fsp3) is 0.278. The van der Waals surface area contributed by atoms with E-state index in [9.17, 15) is 13.2 Å². The van der Waals surface area contributed by atoms with Gasteiger partial charge in [-0.2, -0.15) is 0 Å². The van der Waals surface area contributed by atoms with Crippen molar-refractivity contribution < 1.29 is 22.7 Å². The highest BCUT2D eigenvalue weighted by molar-refractivity contribution is 8.01. The van der Waals surface area contributed by atoms with E-state index in [4.69, 9.17) is 9.47 Å². The number of anilines is 2. The Hall–Kier alpha value is -2.39. The molecule has 2 aromatic carbocycles. The third-order valence-electron chi connectivity index (χ3n) is 4.09. The lowest BCUT2D eigenvalue weighted by molar-refractivity contribution is -0.115. The number of ether oxygens (including phenoxy) is 2. The number of fused-ring (bicyclic) bond motifs is 1. The van der Waals surface area contributed by atoms with Crippen LogP contribution in [0.5, 0.6) is 11.5 Å². The quantitative estimate of drug-likeness (QED) is 0.762. The van der Waals surface area contributed by atoms with Gasteiger partial charge in [0.15, 0.2) is 11.5 Å². The zero-order chi connectivity index (χ0) is 19.6. The molecule has 3 rings (SSSR count). The van der Waals surface area contributed by atoms with E-state index in [2.05, 4.69) is 10.0 Å². The van der Waals surface area contributed by atoms with Crippen LogP contribution in [0.4, 0.5) is 11.4 Å². The van der Waals surface area contributed by atoms with E-state index in [1.165, 1.54) is 44.2 Å². The number of carbonyl (C=O) groups excluding carboxylic acids is 1. The van der Waals surface area contributed by atoms with Gasteiger partial charge in [0.1, 0.15) is 0 Å². The van der Waals surface area contributed by atoms with E-state index in [1.807, 2.05) is 6.92 Å². The zero-order valence-electron chi connectivity index (χ0n) is 15.1. The summed E-state index contributed by atoms with van der Waals surface area (Å²) in [7, 11) is -0.855. The molecule has 2 aromatic rings. The molecular formula is C18H20N2O5S2. The molecule has 144 valence electrons. The molecule has 1 amide bonds. The number of carbonyl (C=O) groups is 1. The van der Waals surface area contributed by atoms with Crippen molar-refractivity contribution in [1.29, 1.82) is 0 Å². The van der Waals surface area contributed by atoms with E-state index in [0.29, 0.717) is 29.3 Å². The van der Waals surface area contributed by atoms with Crippen LogP contribution in [0.15, 0.2) is 46.2 Å². The van der Waals surface area contributed by atoms with Gasteiger partial charge in [-0.25, -0.2) is 8.42 Å². The number of thioether (sulfide) groups is 1. The highest BCUT2D eigenvalue weighted by atomic mass is 32.2. The van der Waals surface area contributed by atoms with Gasteiger partial charge in [0.25, 0.3) is 10.0 Å². The van der Waals surface area contributed by atoms with Gasteiger partial charge < -0.3 is 14.8 Å². The van der Waals surface area contributed by atoms with Crippen LogP contribution in [0.1, 0.15) is 13.3 Å². The monoisotopic (exact) mass is 408 g/mol. The molecule has 0 saturated heterocycles. The van der Waals surface area contributed by atoms with Gasteiger partial charge in [-0.3, -0.25) is 9.52 Å². The van der Waals surface area contributed by atoms with E-state index < -0.39 is 10.0 Å². The minimum atomic E-state index is -3.83. The van der Waals surface area contributed by atoms with Crippen LogP contribution in [0, 0.1) is 0 Å². The van der Waals surface area contributed by atoms with Gasteiger partial charge in [-0.05, 0) is 36.8 Å². The Kier molecular flexibility index (Phi) is 5.52. The second-order valence-corrected chi connectivity index (χ2v) is 8.76. The third-order valence-corrected chi connectivity index (χ3v) is 6.91. The number of benzene rings is 2. The van der Waals surface area contributed by atoms with E-state index in [-0.39, 0.29) is 16.1 Å². The maximum absolute atomic E-state index is 12.7. The average molecular weight is 409 g/mol. The Bertz CT molecular complexity index is 976. The number of rotatable bonds is 6. The summed E-state index contributed by atoms with van der Waals surface area (Å²) < 4.78 is 38.3. The largest absolute Gasteiger partial charge is 0.493 e. The molecule has 27 heavy (non-hydrogen) atoms. The molecule has 0 radical (unpaired) electrons. The average Bonchev–Trinajstić information content (AvgIpc) is 2.66. The second-order valence-electron chi connectivity index (χ2n) is 5.84. The van der Waals surface area contributed by atoms with Gasteiger partial charge in [0.05, 0.1) is 35.7 Å². The smallest absolute Gasteiger partial charge is 0.261 e. The molecule has 7 nitrogen and oxygen atoms in total. The van der Waals surface area contributed by atoms with Crippen molar-refractivity contribution >= 4 is 39.1 Å². The van der Waals surface area contributed by atoms with Crippen molar-refractivity contribution in [2.45, 2.75) is 28.4 Å². The normalized spacial score (nSPS) is 16.3. The van der Waals surface area contributed by atoms with Crippen LogP contribution >= 0.6 is 11.8 Å². The molecule has 1 aliphatic heterocycles. The molecule has 0 unspecified atom stereocenters. The Morgan fingerprint density at radius 3 is 2.52 bits per heavy atom. The van der Waals surface area contributed by atoms with Crippen LogP contribution in [0.25, 0.3) is 0 Å². The molecule has 1 aliphatic rings. The molecule has 1 heterocycles. The lowest BCUT2D eigenvalue weighted by Crippen LogP contribution is -2.28. The molecule has 0 bridgehead atoms. The topological polar surface area (TPSA) is 93.7 Å². The number of amides is 1. The maximum atomic E-state index is 12.7. The highest BCUT2D eigenvalue weighted by Crippen LogP contribution is 2.38. The number of sulfonamides is 1. The number of nitrogens with one attached hydrogen (secondary N) is 2. The van der Waals surface area contributed by atoms with Crippen molar-refractivity contribution in [3.05, 3.63) is 36.4 Å². The third kappa shape index (κ3) is 3.98. The summed E-state index contributed by atoms with van der Waals surface area (Å²) in [6, 6.07) is 9.45. The fourth-order valence-corrected chi connectivity index (χ4v) is 4.78. The number of hydrogen-bond donors (Lipinski definition) is 2. The van der Waals surface area contributed by atoms with Crippen molar-refractivity contribution in [3.8, 4) is 11.5 Å². The Balaban J connectivity index is 1.88. The van der Waals surface area contributed by atoms with Gasteiger partial charge in [-0.1, -0.05) is 6.92 Å². The summed E-state index contributed by atoms with van der Waals surface area (Å²) in [5, 5.41) is 2.62. The number of methoxy groups -OCH3 is 2. The SMILES string of the molecule is CC[C@@H]1Sc2ccc(S(=O)(=O)Nc3ccc(OC)c(OC)c3)cc2NC1=O. The highest BCUT2D eigenvalue weighted by Gasteiger charge is 2.27. The number of hydrogen-bond acceptors (Lipinski definition) is 6. The van der Waals surface area contributed by atoms with Gasteiger partial charge in [0.2, 0.25) is 5.91 Å². The van der Waals surface area contributed by atoms with Crippen molar-refractivity contribution in [1.82, 2.24) is 0 Å². The molecule has 0 aromatic heterocycles. The molecule has 9 heteroatoms. The standard InChI is InChI=1S/C18H20N2O5S2/c1-4-16-18(21)19-13-10-12(6-8-17(13)26-16)27(22,23)20-11-5-7-14(24-2)15(9-11)25-3/h5-10,16,20H,4H2,1-3H3,(H,19,21)/t16-/m0/s1. The Labute approximate surface area is 162 Å². The van der Waals surface area contributed by atoms with E-state index >= 15 is 0 Å². The second kappa shape index (κ2) is 7.69. The first-order valence-corrected chi connectivity index (χ1v) is 10.6. The lowest BCUT2D eigenvalue weighted by atomic mass is 10.2. The lowest BCUT2D eigenvalue weighted by Gasteiger charge is -2.23. The van der Waals surface area contributed by atoms with Gasteiger partial charge in [-0.15, -0.1) is 11.8 Å². The van der Waals surface area contributed by atoms with Gasteiger partial charge >= 0.3 is 0 Å². The van der Waals surface area contributed by atoms with Crippen LogP contribution in [0.3, 0.4) is 0 Å². The molecule has 1 atom stereocenters. The molecule has 0 saturated carbocycles. The van der Waals surface area contributed by atoms with Crippen LogP contribution < -0.4 is 19.5 Å².